The average Bonchev–Trinajstić information content (AvgIpc) is 3.47. The van der Waals surface area contributed by atoms with Crippen molar-refractivity contribution in [3.05, 3.63) is 52.1 Å². The van der Waals surface area contributed by atoms with Gasteiger partial charge in [-0.2, -0.15) is 0 Å². The van der Waals surface area contributed by atoms with E-state index in [9.17, 15) is 39.9 Å². The number of imidazole rings is 1. The van der Waals surface area contributed by atoms with Gasteiger partial charge in [0.2, 0.25) is 11.7 Å². The number of hydrogen-bond acceptors (Lipinski definition) is 11. The number of benzene rings is 1. The molecule has 13 heteroatoms. The van der Waals surface area contributed by atoms with Gasteiger partial charge in [-0.1, -0.05) is 13.0 Å². The lowest BCUT2D eigenvalue weighted by Crippen LogP contribution is -2.70. The fraction of sp³-hybridized carbons (Fsp3) is 0.543. The third-order valence-electron chi connectivity index (χ3n) is 12.6. The van der Waals surface area contributed by atoms with Crippen LogP contribution in [-0.4, -0.2) is 89.7 Å². The van der Waals surface area contributed by atoms with Crippen molar-refractivity contribution in [3.8, 4) is 5.75 Å². The van der Waals surface area contributed by atoms with Gasteiger partial charge in [0.15, 0.2) is 11.4 Å². The number of aromatic nitrogens is 2. The zero-order chi connectivity index (χ0) is 34.1. The normalized spacial score (nSPS) is 38.3. The minimum Gasteiger partial charge on any atom is -0.508 e. The summed E-state index contributed by atoms with van der Waals surface area (Å²) < 4.78 is 0. The van der Waals surface area contributed by atoms with Crippen molar-refractivity contribution in [1.82, 2.24) is 14.9 Å². The molecular formula is C35H41N5O8. The SMILES string of the molecule is C[C@@H]1c2ccc(Nc3ncc(C4C5CC6CC(C5)CC4C6)[nH]3)c(O)c2C(O)=C2C(=O)[C@]3(O)C(O)=C(C(N)=O)C(=O)[C@@H](N(C)C)[C@@H]3[C@@H](O)[C@@H]21. The molecule has 48 heavy (non-hydrogen) atoms. The number of aromatic hydroxyl groups is 1. The molecule has 1 heterocycles. The van der Waals surface area contributed by atoms with E-state index >= 15 is 0 Å². The number of likely N-dealkylation sites (N-methyl/N-ethyl adjacent to an activating group) is 1. The number of carbonyl (C=O) groups excluding carboxylic acids is 3. The number of carbonyl (C=O) groups is 3. The number of nitrogens with zero attached hydrogens (tertiary/aromatic N) is 2. The fourth-order valence-corrected chi connectivity index (χ4v) is 10.8. The number of H-pyrrole nitrogens is 1. The third kappa shape index (κ3) is 4.01. The van der Waals surface area contributed by atoms with Crippen molar-refractivity contribution in [2.24, 2.45) is 41.2 Å². The summed E-state index contributed by atoms with van der Waals surface area (Å²) in [5, 5.41) is 61.2. The molecule has 0 saturated heterocycles. The molecule has 9 rings (SSSR count). The van der Waals surface area contributed by atoms with Crippen LogP contribution in [-0.2, 0) is 14.4 Å². The smallest absolute Gasteiger partial charge is 0.255 e. The van der Waals surface area contributed by atoms with Crippen LogP contribution in [0.3, 0.4) is 0 Å². The van der Waals surface area contributed by atoms with E-state index in [0.29, 0.717) is 29.3 Å². The van der Waals surface area contributed by atoms with Gasteiger partial charge in [0, 0.05) is 23.1 Å². The number of ketones is 2. The van der Waals surface area contributed by atoms with Crippen LogP contribution in [0.25, 0.3) is 5.76 Å². The van der Waals surface area contributed by atoms with Gasteiger partial charge in [-0.25, -0.2) is 4.98 Å². The number of Topliss-reactive ketones (excluding diaryl/α,β-unsaturated/α-hetero) is 2. The minimum absolute atomic E-state index is 0.0798. The van der Waals surface area contributed by atoms with Gasteiger partial charge in [0.1, 0.15) is 22.8 Å². The number of primary amides is 1. The van der Waals surface area contributed by atoms with Crippen LogP contribution in [0, 0.1) is 35.5 Å². The zero-order valence-corrected chi connectivity index (χ0v) is 27.0. The van der Waals surface area contributed by atoms with Crippen LogP contribution in [0.5, 0.6) is 5.75 Å². The lowest BCUT2D eigenvalue weighted by atomic mass is 9.51. The Hall–Kier alpha value is -4.20. The van der Waals surface area contributed by atoms with Gasteiger partial charge in [0.05, 0.1) is 35.5 Å². The molecule has 5 fully saturated rings. The van der Waals surface area contributed by atoms with E-state index in [1.54, 1.807) is 19.1 Å². The first-order valence-electron chi connectivity index (χ1n) is 16.7. The van der Waals surface area contributed by atoms with Crippen LogP contribution in [0.2, 0.25) is 0 Å². The molecule has 13 nitrogen and oxygen atoms in total. The molecule has 0 radical (unpaired) electrons. The molecule has 7 aliphatic carbocycles. The van der Waals surface area contributed by atoms with E-state index in [-0.39, 0.29) is 17.0 Å². The highest BCUT2D eigenvalue weighted by Crippen LogP contribution is 2.60. The predicted molar refractivity (Wildman–Crippen MR) is 172 cm³/mol. The summed E-state index contributed by atoms with van der Waals surface area (Å²) in [6.07, 6.45) is 6.59. The summed E-state index contributed by atoms with van der Waals surface area (Å²) in [5.41, 5.74) is 2.68. The van der Waals surface area contributed by atoms with Gasteiger partial charge in [-0.05, 0) is 87.4 Å². The number of aromatic amines is 1. The first-order chi connectivity index (χ1) is 22.7. The lowest BCUT2D eigenvalue weighted by Gasteiger charge is -2.54. The molecule has 7 aliphatic rings. The van der Waals surface area contributed by atoms with Gasteiger partial charge in [-0.3, -0.25) is 19.3 Å². The van der Waals surface area contributed by atoms with E-state index in [4.69, 9.17) is 5.73 Å². The molecule has 5 saturated carbocycles. The van der Waals surface area contributed by atoms with Gasteiger partial charge < -0.3 is 41.6 Å². The Labute approximate surface area is 276 Å². The number of aliphatic hydroxyl groups is 4. The summed E-state index contributed by atoms with van der Waals surface area (Å²) >= 11 is 0. The molecule has 1 aromatic heterocycles. The summed E-state index contributed by atoms with van der Waals surface area (Å²) in [6.45, 7) is 1.70. The fourth-order valence-electron chi connectivity index (χ4n) is 10.8. The Morgan fingerprint density at radius 3 is 2.29 bits per heavy atom. The molecule has 0 spiro atoms. The molecule has 4 bridgehead atoms. The molecule has 254 valence electrons. The van der Waals surface area contributed by atoms with E-state index < -0.39 is 75.6 Å². The maximum atomic E-state index is 14.3. The highest BCUT2D eigenvalue weighted by molar-refractivity contribution is 6.24. The van der Waals surface area contributed by atoms with Gasteiger partial charge in [0.25, 0.3) is 5.91 Å². The third-order valence-corrected chi connectivity index (χ3v) is 12.6. The highest BCUT2D eigenvalue weighted by atomic mass is 16.4. The van der Waals surface area contributed by atoms with Crippen LogP contribution in [0.4, 0.5) is 11.6 Å². The number of rotatable bonds is 5. The first kappa shape index (κ1) is 31.1. The molecule has 2 aromatic rings. The average molecular weight is 660 g/mol. The van der Waals surface area contributed by atoms with Crippen LogP contribution in [0.15, 0.2) is 35.2 Å². The number of aliphatic hydroxyl groups excluding tert-OH is 3. The summed E-state index contributed by atoms with van der Waals surface area (Å²) in [5.74, 6) is -5.43. The van der Waals surface area contributed by atoms with Crippen molar-refractivity contribution < 1.29 is 39.9 Å². The number of phenols is 1. The Kier molecular flexibility index (Phi) is 6.74. The maximum Gasteiger partial charge on any atom is 0.255 e. The van der Waals surface area contributed by atoms with Gasteiger partial charge >= 0.3 is 0 Å². The zero-order valence-electron chi connectivity index (χ0n) is 27.0. The number of phenolic OH excluding ortho intramolecular Hbond substituents is 1. The molecule has 6 atom stereocenters. The molecule has 1 amide bonds. The second-order valence-electron chi connectivity index (χ2n) is 15.2. The number of amides is 1. The standard InChI is InChI=1S/C35H41N5O8/c1-12-17-4-5-18(38-34-37-11-19(39-34)21-15-7-13-6-14(9-15)10-16(21)8-13)27(41)22(17)28(42)23-20(12)29(43)25-26(40(2)3)30(44)24(33(36)47)32(46)35(25,48)31(23)45/h4-5,11-16,20-21,25-26,29,41-43,46,48H,6-10H2,1-3H3,(H2,36,47)(H2,37,38,39)/t12-,13?,14?,15?,16?,20-,21?,25-,26+,29+,35+/m1/s1. The Morgan fingerprint density at radius 1 is 1.04 bits per heavy atom. The Morgan fingerprint density at radius 2 is 1.69 bits per heavy atom. The van der Waals surface area contributed by atoms with Crippen molar-refractivity contribution in [1.29, 1.82) is 0 Å². The Bertz CT molecular complexity index is 1820. The highest BCUT2D eigenvalue weighted by Gasteiger charge is 2.68. The van der Waals surface area contributed by atoms with E-state index in [2.05, 4.69) is 15.3 Å². The van der Waals surface area contributed by atoms with E-state index in [1.165, 1.54) is 51.1 Å². The summed E-state index contributed by atoms with van der Waals surface area (Å²) in [4.78, 5) is 49.2. The number of nitrogens with one attached hydrogen (secondary N) is 2. The van der Waals surface area contributed by atoms with Crippen molar-refractivity contribution >= 4 is 34.9 Å². The summed E-state index contributed by atoms with van der Waals surface area (Å²) in [6, 6.07) is 1.90. The molecule has 0 aliphatic heterocycles. The summed E-state index contributed by atoms with van der Waals surface area (Å²) in [7, 11) is 2.95. The number of nitrogens with two attached hydrogens (primary N) is 1. The Balaban J connectivity index is 1.17. The second-order valence-corrected chi connectivity index (χ2v) is 15.2. The van der Waals surface area contributed by atoms with E-state index in [0.717, 1.165) is 17.5 Å². The van der Waals surface area contributed by atoms with Crippen molar-refractivity contribution in [3.63, 3.8) is 0 Å². The molecular weight excluding hydrogens is 618 g/mol. The first-order valence-corrected chi connectivity index (χ1v) is 16.7. The van der Waals surface area contributed by atoms with E-state index in [1.807, 2.05) is 6.20 Å². The van der Waals surface area contributed by atoms with Crippen LogP contribution in [0.1, 0.15) is 67.7 Å². The quantitative estimate of drug-likeness (QED) is 0.172. The van der Waals surface area contributed by atoms with Crippen LogP contribution < -0.4 is 11.1 Å². The molecule has 1 aromatic carbocycles. The lowest BCUT2D eigenvalue weighted by molar-refractivity contribution is -0.169. The maximum absolute atomic E-state index is 14.3. The predicted octanol–water partition coefficient (Wildman–Crippen LogP) is 2.50. The molecule has 9 N–H and O–H groups in total. The topological polar surface area (TPSA) is 222 Å². The van der Waals surface area contributed by atoms with Crippen molar-refractivity contribution in [2.45, 2.75) is 68.6 Å². The van der Waals surface area contributed by atoms with Crippen molar-refractivity contribution in [2.75, 3.05) is 19.4 Å². The minimum atomic E-state index is -2.96. The molecule has 0 unspecified atom stereocenters. The van der Waals surface area contributed by atoms with Crippen LogP contribution >= 0.6 is 0 Å². The van der Waals surface area contributed by atoms with Gasteiger partial charge in [-0.15, -0.1) is 0 Å². The number of hydrogen-bond donors (Lipinski definition) is 8. The monoisotopic (exact) mass is 659 g/mol. The second kappa shape index (κ2) is 10.4. The largest absolute Gasteiger partial charge is 0.508 e. The number of anilines is 2. The number of fused-ring (bicyclic) bond motifs is 3.